The van der Waals surface area contributed by atoms with Crippen molar-refractivity contribution in [3.63, 3.8) is 0 Å². The molecule has 19 heavy (non-hydrogen) atoms. The lowest BCUT2D eigenvalue weighted by Gasteiger charge is -2.11. The van der Waals surface area contributed by atoms with Crippen LogP contribution in [0.1, 0.15) is 24.2 Å². The summed E-state index contributed by atoms with van der Waals surface area (Å²) in [4.78, 5) is 0. The highest BCUT2D eigenvalue weighted by molar-refractivity contribution is 9.10. The number of aliphatic hydroxyl groups is 1. The summed E-state index contributed by atoms with van der Waals surface area (Å²) in [5, 5.41) is 9.53. The summed E-state index contributed by atoms with van der Waals surface area (Å²) < 4.78 is 19.7. The summed E-state index contributed by atoms with van der Waals surface area (Å²) in [5.74, 6) is 0.733. The molecule has 0 heterocycles. The number of aryl methyl sites for hydroxylation is 1. The zero-order valence-corrected chi connectivity index (χ0v) is 12.2. The Kier molecular flexibility index (Phi) is 4.22. The maximum atomic E-state index is 13.4. The molecule has 0 amide bonds. The van der Waals surface area contributed by atoms with Crippen LogP contribution in [0.15, 0.2) is 40.9 Å². The van der Waals surface area contributed by atoms with E-state index in [9.17, 15) is 9.50 Å². The first-order chi connectivity index (χ1) is 8.97. The molecule has 2 rings (SSSR count). The van der Waals surface area contributed by atoms with Gasteiger partial charge in [-0.3, -0.25) is 0 Å². The minimum absolute atomic E-state index is 0.294. The highest BCUT2D eigenvalue weighted by Crippen LogP contribution is 2.30. The van der Waals surface area contributed by atoms with E-state index in [4.69, 9.17) is 4.74 Å². The number of rotatable bonds is 3. The topological polar surface area (TPSA) is 29.5 Å². The van der Waals surface area contributed by atoms with Gasteiger partial charge in [0.05, 0.1) is 6.10 Å². The van der Waals surface area contributed by atoms with Gasteiger partial charge < -0.3 is 9.84 Å². The van der Waals surface area contributed by atoms with Crippen molar-refractivity contribution >= 4 is 15.9 Å². The largest absolute Gasteiger partial charge is 0.457 e. The minimum atomic E-state index is -0.555. The Labute approximate surface area is 120 Å². The zero-order chi connectivity index (χ0) is 14.0. The molecule has 0 aliphatic carbocycles. The van der Waals surface area contributed by atoms with Crippen molar-refractivity contribution in [3.05, 3.63) is 57.8 Å². The summed E-state index contributed by atoms with van der Waals surface area (Å²) in [5.41, 5.74) is 1.36. The molecule has 0 bridgehead atoms. The molecule has 0 fully saturated rings. The third-order valence-corrected chi connectivity index (χ3v) is 3.49. The molecule has 1 unspecified atom stereocenters. The third-order valence-electron chi connectivity index (χ3n) is 2.80. The van der Waals surface area contributed by atoms with E-state index in [0.29, 0.717) is 17.1 Å². The highest BCUT2D eigenvalue weighted by atomic mass is 79.9. The van der Waals surface area contributed by atoms with Gasteiger partial charge >= 0.3 is 0 Å². The van der Waals surface area contributed by atoms with Crippen molar-refractivity contribution in [2.24, 2.45) is 0 Å². The van der Waals surface area contributed by atoms with Crippen molar-refractivity contribution in [2.75, 3.05) is 0 Å². The summed E-state index contributed by atoms with van der Waals surface area (Å²) in [7, 11) is 0. The van der Waals surface area contributed by atoms with Crippen LogP contribution < -0.4 is 4.74 Å². The first-order valence-corrected chi connectivity index (χ1v) is 6.68. The van der Waals surface area contributed by atoms with Gasteiger partial charge in [0.25, 0.3) is 0 Å². The van der Waals surface area contributed by atoms with Crippen molar-refractivity contribution in [1.82, 2.24) is 0 Å². The van der Waals surface area contributed by atoms with Crippen LogP contribution in [0.5, 0.6) is 11.5 Å². The average Bonchev–Trinajstić information content (AvgIpc) is 2.33. The van der Waals surface area contributed by atoms with Crippen molar-refractivity contribution in [1.29, 1.82) is 0 Å². The first kappa shape index (κ1) is 14.0. The number of hydrogen-bond donors (Lipinski definition) is 1. The van der Waals surface area contributed by atoms with E-state index in [1.54, 1.807) is 44.2 Å². The van der Waals surface area contributed by atoms with Gasteiger partial charge in [0.15, 0.2) is 0 Å². The standard InChI is InChI=1S/C15H14BrFO2/c1-9-3-4-12(8-15(9)17)19-11-5-6-13(10(2)18)14(16)7-11/h3-8,10,18H,1-2H3. The highest BCUT2D eigenvalue weighted by Gasteiger charge is 2.08. The number of hydrogen-bond acceptors (Lipinski definition) is 2. The molecular formula is C15H14BrFO2. The van der Waals surface area contributed by atoms with Gasteiger partial charge in [-0.25, -0.2) is 4.39 Å². The second-order valence-electron chi connectivity index (χ2n) is 4.37. The lowest BCUT2D eigenvalue weighted by atomic mass is 10.1. The van der Waals surface area contributed by atoms with Crippen LogP contribution in [0.2, 0.25) is 0 Å². The first-order valence-electron chi connectivity index (χ1n) is 5.89. The van der Waals surface area contributed by atoms with Crippen LogP contribution in [-0.2, 0) is 0 Å². The molecule has 2 nitrogen and oxygen atoms in total. The van der Waals surface area contributed by atoms with Crippen molar-refractivity contribution in [3.8, 4) is 11.5 Å². The number of aliphatic hydroxyl groups excluding tert-OH is 1. The predicted molar refractivity (Wildman–Crippen MR) is 76.0 cm³/mol. The Morgan fingerprint density at radius 2 is 1.79 bits per heavy atom. The van der Waals surface area contributed by atoms with Crippen molar-refractivity contribution < 1.29 is 14.2 Å². The Morgan fingerprint density at radius 1 is 1.16 bits per heavy atom. The molecule has 1 atom stereocenters. The molecule has 0 spiro atoms. The Morgan fingerprint density at radius 3 is 2.37 bits per heavy atom. The Bertz CT molecular complexity index is 597. The summed E-state index contributed by atoms with van der Waals surface area (Å²) in [6, 6.07) is 10.0. The molecule has 0 radical (unpaired) electrons. The van der Waals surface area contributed by atoms with Crippen LogP contribution in [-0.4, -0.2) is 5.11 Å². The number of ether oxygens (including phenoxy) is 1. The molecular weight excluding hydrogens is 311 g/mol. The maximum absolute atomic E-state index is 13.4. The van der Waals surface area contributed by atoms with Crippen LogP contribution in [0.3, 0.4) is 0 Å². The van der Waals surface area contributed by atoms with Crippen molar-refractivity contribution in [2.45, 2.75) is 20.0 Å². The Hall–Kier alpha value is -1.39. The van der Waals surface area contributed by atoms with Crippen LogP contribution in [0, 0.1) is 12.7 Å². The smallest absolute Gasteiger partial charge is 0.130 e. The molecule has 4 heteroatoms. The van der Waals surface area contributed by atoms with E-state index >= 15 is 0 Å². The normalized spacial score (nSPS) is 12.3. The predicted octanol–water partition coefficient (Wildman–Crippen LogP) is 4.74. The second-order valence-corrected chi connectivity index (χ2v) is 5.23. The second kappa shape index (κ2) is 5.72. The fourth-order valence-corrected chi connectivity index (χ4v) is 2.37. The lowest BCUT2D eigenvalue weighted by Crippen LogP contribution is -1.93. The van der Waals surface area contributed by atoms with E-state index in [2.05, 4.69) is 15.9 Å². The number of benzene rings is 2. The summed E-state index contributed by atoms with van der Waals surface area (Å²) >= 11 is 3.37. The fourth-order valence-electron chi connectivity index (χ4n) is 1.68. The molecule has 0 saturated carbocycles. The zero-order valence-electron chi connectivity index (χ0n) is 10.7. The molecule has 2 aromatic carbocycles. The average molecular weight is 325 g/mol. The van der Waals surface area contributed by atoms with Gasteiger partial charge in [0, 0.05) is 10.5 Å². The maximum Gasteiger partial charge on any atom is 0.130 e. The van der Waals surface area contributed by atoms with E-state index in [0.717, 1.165) is 10.0 Å². The third kappa shape index (κ3) is 3.33. The summed E-state index contributed by atoms with van der Waals surface area (Å²) in [6.07, 6.45) is -0.555. The monoisotopic (exact) mass is 324 g/mol. The quantitative estimate of drug-likeness (QED) is 0.883. The van der Waals surface area contributed by atoms with Gasteiger partial charge in [-0.05, 0) is 43.2 Å². The minimum Gasteiger partial charge on any atom is -0.457 e. The van der Waals surface area contributed by atoms with Gasteiger partial charge in [0.2, 0.25) is 0 Å². The summed E-state index contributed by atoms with van der Waals surface area (Å²) in [6.45, 7) is 3.39. The molecule has 0 aliphatic heterocycles. The van der Waals surface area contributed by atoms with Gasteiger partial charge in [0.1, 0.15) is 17.3 Å². The molecule has 2 aromatic rings. The van der Waals surface area contributed by atoms with E-state index in [1.807, 2.05) is 0 Å². The molecule has 100 valence electrons. The Balaban J connectivity index is 2.24. The number of halogens is 2. The molecule has 0 saturated heterocycles. The van der Waals surface area contributed by atoms with E-state index in [-0.39, 0.29) is 5.82 Å². The van der Waals surface area contributed by atoms with Crippen LogP contribution >= 0.6 is 15.9 Å². The van der Waals surface area contributed by atoms with E-state index in [1.165, 1.54) is 6.07 Å². The van der Waals surface area contributed by atoms with Gasteiger partial charge in [-0.1, -0.05) is 28.1 Å². The molecule has 1 N–H and O–H groups in total. The SMILES string of the molecule is Cc1ccc(Oc2ccc(C(C)O)c(Br)c2)cc1F. The van der Waals surface area contributed by atoms with Crippen LogP contribution in [0.25, 0.3) is 0 Å². The van der Waals surface area contributed by atoms with Gasteiger partial charge in [-0.15, -0.1) is 0 Å². The van der Waals surface area contributed by atoms with Gasteiger partial charge in [-0.2, -0.15) is 0 Å². The van der Waals surface area contributed by atoms with E-state index < -0.39 is 6.10 Å². The fraction of sp³-hybridized carbons (Fsp3) is 0.200. The molecule has 0 aliphatic rings. The lowest BCUT2D eigenvalue weighted by molar-refractivity contribution is 0.198. The molecule has 0 aromatic heterocycles. The van der Waals surface area contributed by atoms with Crippen LogP contribution in [0.4, 0.5) is 4.39 Å².